The van der Waals surface area contributed by atoms with Gasteiger partial charge in [0, 0.05) is 31.1 Å². The molecule has 0 saturated carbocycles. The van der Waals surface area contributed by atoms with Crippen LogP contribution in [0.2, 0.25) is 0 Å². The van der Waals surface area contributed by atoms with E-state index in [1.54, 1.807) is 0 Å². The van der Waals surface area contributed by atoms with Crippen LogP contribution in [-0.2, 0) is 23.0 Å². The third-order valence-electron chi connectivity index (χ3n) is 4.75. The Balaban J connectivity index is 1.55. The number of hydrogen-bond acceptors (Lipinski definition) is 4. The Morgan fingerprint density at radius 2 is 2.05 bits per heavy atom. The zero-order chi connectivity index (χ0) is 13.7. The van der Waals surface area contributed by atoms with Gasteiger partial charge in [-0.3, -0.25) is 0 Å². The first kappa shape index (κ1) is 12.8. The minimum atomic E-state index is -3.44. The Morgan fingerprint density at radius 3 is 2.80 bits per heavy atom. The summed E-state index contributed by atoms with van der Waals surface area (Å²) < 4.78 is 29.9. The first-order chi connectivity index (χ1) is 9.62. The van der Waals surface area contributed by atoms with Crippen molar-refractivity contribution in [3.63, 3.8) is 0 Å². The highest BCUT2D eigenvalue weighted by Gasteiger charge is 2.36. The van der Waals surface area contributed by atoms with Crippen molar-refractivity contribution in [2.24, 2.45) is 0 Å². The molecule has 1 aromatic rings. The number of fused-ring (bicyclic) bond motifs is 3. The van der Waals surface area contributed by atoms with Gasteiger partial charge in [-0.25, -0.2) is 18.1 Å². The Bertz CT molecular complexity index is 612. The number of hydrogen-bond donors (Lipinski definition) is 2. The molecule has 2 saturated heterocycles. The van der Waals surface area contributed by atoms with Gasteiger partial charge in [0.1, 0.15) is 5.82 Å². The van der Waals surface area contributed by atoms with Gasteiger partial charge in [-0.05, 0) is 32.1 Å². The quantitative estimate of drug-likeness (QED) is 0.846. The van der Waals surface area contributed by atoms with Gasteiger partial charge in [0.2, 0.25) is 0 Å². The number of piperidine rings is 1. The van der Waals surface area contributed by atoms with Crippen molar-refractivity contribution >= 4 is 10.0 Å². The van der Waals surface area contributed by atoms with Crippen LogP contribution in [0, 0.1) is 0 Å². The van der Waals surface area contributed by atoms with Gasteiger partial charge >= 0.3 is 0 Å². The van der Waals surface area contributed by atoms with Crippen LogP contribution in [0.5, 0.6) is 0 Å². The van der Waals surface area contributed by atoms with Crippen molar-refractivity contribution in [2.75, 3.05) is 0 Å². The summed E-state index contributed by atoms with van der Waals surface area (Å²) in [5.74, 6) is 0.899. The number of nitrogens with zero attached hydrogens (tertiary/aromatic N) is 2. The molecule has 6 nitrogen and oxygen atoms in total. The summed E-state index contributed by atoms with van der Waals surface area (Å²) in [6.07, 6.45) is 7.52. The highest BCUT2D eigenvalue weighted by Crippen LogP contribution is 2.28. The molecule has 2 fully saturated rings. The van der Waals surface area contributed by atoms with Crippen LogP contribution in [-0.4, -0.2) is 36.1 Å². The van der Waals surface area contributed by atoms with Crippen molar-refractivity contribution in [2.45, 2.75) is 68.2 Å². The molecule has 7 heteroatoms. The van der Waals surface area contributed by atoms with E-state index in [0.717, 1.165) is 38.1 Å². The molecule has 4 rings (SSSR count). The fraction of sp³-hybridized carbons (Fsp3) is 0.769. The summed E-state index contributed by atoms with van der Waals surface area (Å²) in [4.78, 5) is 4.23. The molecule has 0 spiro atoms. The Hall–Kier alpha value is -0.920. The predicted molar refractivity (Wildman–Crippen MR) is 73.8 cm³/mol. The maximum atomic E-state index is 12.6. The standard InChI is InChI=1S/C13H20N4O2S/c18-20(19,13-8-14-12-2-1-5-17(12)13)16-11-6-9-3-4-10(7-11)15-9/h8-11,15-16H,1-7H2. The number of sulfonamides is 1. The molecule has 2 unspecified atom stereocenters. The van der Waals surface area contributed by atoms with Crippen molar-refractivity contribution in [1.82, 2.24) is 19.6 Å². The molecule has 3 aliphatic rings. The van der Waals surface area contributed by atoms with E-state index in [9.17, 15) is 8.42 Å². The Labute approximate surface area is 119 Å². The minimum absolute atomic E-state index is 0.0614. The lowest BCUT2D eigenvalue weighted by molar-refractivity contribution is 0.344. The molecule has 0 aromatic carbocycles. The molecule has 3 aliphatic heterocycles. The van der Waals surface area contributed by atoms with Gasteiger partial charge in [-0.2, -0.15) is 0 Å². The zero-order valence-electron chi connectivity index (χ0n) is 11.4. The van der Waals surface area contributed by atoms with Gasteiger partial charge in [-0.15, -0.1) is 0 Å². The van der Waals surface area contributed by atoms with Gasteiger partial charge in [0.15, 0.2) is 5.03 Å². The molecule has 1 aromatic heterocycles. The van der Waals surface area contributed by atoms with Crippen LogP contribution in [0.25, 0.3) is 0 Å². The molecule has 20 heavy (non-hydrogen) atoms. The lowest BCUT2D eigenvalue weighted by atomic mass is 10.0. The van der Waals surface area contributed by atoms with Gasteiger partial charge in [-0.1, -0.05) is 0 Å². The van der Waals surface area contributed by atoms with Crippen LogP contribution in [0.3, 0.4) is 0 Å². The van der Waals surface area contributed by atoms with Crippen LogP contribution in [0.4, 0.5) is 0 Å². The highest BCUT2D eigenvalue weighted by molar-refractivity contribution is 7.89. The lowest BCUT2D eigenvalue weighted by Crippen LogP contribution is -2.48. The fourth-order valence-corrected chi connectivity index (χ4v) is 5.31. The number of imidazole rings is 1. The van der Waals surface area contributed by atoms with E-state index in [-0.39, 0.29) is 6.04 Å². The van der Waals surface area contributed by atoms with Crippen LogP contribution in [0.15, 0.2) is 11.2 Å². The van der Waals surface area contributed by atoms with E-state index < -0.39 is 10.0 Å². The molecular formula is C13H20N4O2S. The second kappa shape index (κ2) is 4.54. The lowest BCUT2D eigenvalue weighted by Gasteiger charge is -2.29. The molecule has 0 amide bonds. The topological polar surface area (TPSA) is 76.0 Å². The van der Waals surface area contributed by atoms with Crippen LogP contribution >= 0.6 is 0 Å². The minimum Gasteiger partial charge on any atom is -0.318 e. The summed E-state index contributed by atoms with van der Waals surface area (Å²) in [6.45, 7) is 0.767. The molecule has 2 atom stereocenters. The van der Waals surface area contributed by atoms with Crippen molar-refractivity contribution < 1.29 is 8.42 Å². The number of aryl methyl sites for hydroxylation is 1. The van der Waals surface area contributed by atoms with Gasteiger partial charge in [0.05, 0.1) is 6.20 Å². The van der Waals surface area contributed by atoms with Crippen molar-refractivity contribution in [3.8, 4) is 0 Å². The smallest absolute Gasteiger partial charge is 0.258 e. The molecule has 2 bridgehead atoms. The molecule has 2 N–H and O–H groups in total. The molecular weight excluding hydrogens is 276 g/mol. The van der Waals surface area contributed by atoms with E-state index in [2.05, 4.69) is 15.0 Å². The average Bonchev–Trinajstić information content (AvgIpc) is 3.03. The highest BCUT2D eigenvalue weighted by atomic mass is 32.2. The first-order valence-electron chi connectivity index (χ1n) is 7.44. The summed E-state index contributed by atoms with van der Waals surface area (Å²) >= 11 is 0. The Morgan fingerprint density at radius 1 is 1.30 bits per heavy atom. The molecule has 4 heterocycles. The van der Waals surface area contributed by atoms with Crippen molar-refractivity contribution in [3.05, 3.63) is 12.0 Å². The molecule has 0 aliphatic carbocycles. The van der Waals surface area contributed by atoms with Crippen molar-refractivity contribution in [1.29, 1.82) is 0 Å². The maximum absolute atomic E-state index is 12.6. The van der Waals surface area contributed by atoms with E-state index in [1.165, 1.54) is 19.0 Å². The SMILES string of the molecule is O=S(=O)(NC1CC2CCC(C1)N2)c1cnc2n1CCC2. The third-order valence-corrected chi connectivity index (χ3v) is 6.27. The van der Waals surface area contributed by atoms with Gasteiger partial charge < -0.3 is 9.88 Å². The maximum Gasteiger partial charge on any atom is 0.258 e. The van der Waals surface area contributed by atoms with Crippen LogP contribution < -0.4 is 10.0 Å². The number of nitrogens with one attached hydrogen (secondary N) is 2. The average molecular weight is 296 g/mol. The normalized spacial score (nSPS) is 32.5. The largest absolute Gasteiger partial charge is 0.318 e. The van der Waals surface area contributed by atoms with E-state index in [4.69, 9.17) is 0 Å². The van der Waals surface area contributed by atoms with Crippen LogP contribution in [0.1, 0.15) is 37.9 Å². The fourth-order valence-electron chi connectivity index (χ4n) is 3.88. The van der Waals surface area contributed by atoms with E-state index in [1.807, 2.05) is 4.57 Å². The summed E-state index contributed by atoms with van der Waals surface area (Å²) in [5, 5.41) is 3.87. The monoisotopic (exact) mass is 296 g/mol. The number of rotatable bonds is 3. The second-order valence-corrected chi connectivity index (χ2v) is 7.86. The Kier molecular flexibility index (Phi) is 2.90. The van der Waals surface area contributed by atoms with E-state index in [0.29, 0.717) is 17.1 Å². The summed E-state index contributed by atoms with van der Waals surface area (Å²) in [5.41, 5.74) is 0. The summed E-state index contributed by atoms with van der Waals surface area (Å²) in [7, 11) is -3.44. The zero-order valence-corrected chi connectivity index (χ0v) is 12.2. The van der Waals surface area contributed by atoms with Gasteiger partial charge in [0.25, 0.3) is 10.0 Å². The molecule has 0 radical (unpaired) electrons. The summed E-state index contributed by atoms with van der Waals surface area (Å²) in [6, 6.07) is 1.03. The first-order valence-corrected chi connectivity index (χ1v) is 8.93. The third kappa shape index (κ3) is 2.08. The number of aromatic nitrogens is 2. The predicted octanol–water partition coefficient (Wildman–Crippen LogP) is 0.391. The molecule has 110 valence electrons. The second-order valence-electron chi connectivity index (χ2n) is 6.20. The van der Waals surface area contributed by atoms with E-state index >= 15 is 0 Å².